The number of hydrogen-bond acceptors (Lipinski definition) is 0. The van der Waals surface area contributed by atoms with E-state index in [4.69, 9.17) is 0 Å². The first-order chi connectivity index (χ1) is 11.3. The van der Waals surface area contributed by atoms with E-state index < -0.39 is 6.60 Å². The van der Waals surface area contributed by atoms with Gasteiger partial charge in [-0.05, 0) is 0 Å². The molecule has 0 N–H and O–H groups in total. The second-order valence-corrected chi connectivity index (χ2v) is 10.4. The quantitative estimate of drug-likeness (QED) is 0.593. The molecular formula is C22H21P. The Balaban J connectivity index is 2.52. The van der Waals surface area contributed by atoms with Crippen LogP contribution in [-0.2, 0) is 0 Å². The molecule has 0 saturated heterocycles. The van der Waals surface area contributed by atoms with Gasteiger partial charge in [-0.2, -0.15) is 0 Å². The van der Waals surface area contributed by atoms with Gasteiger partial charge in [-0.15, -0.1) is 0 Å². The fraction of sp³-hybridized carbons (Fsp3) is 0. The molecule has 114 valence electrons. The Kier molecular flexibility index (Phi) is 4.03. The maximum atomic E-state index is 4.29. The predicted molar refractivity (Wildman–Crippen MR) is 106 cm³/mol. The average molecular weight is 316 g/mol. The normalized spacial score (nSPS) is 12.8. The molecule has 0 unspecified atom stereocenters. The van der Waals surface area contributed by atoms with Crippen LogP contribution in [0.2, 0.25) is 0 Å². The topological polar surface area (TPSA) is 0 Å². The molecule has 0 amide bonds. The molecule has 0 heterocycles. The predicted octanol–water partition coefficient (Wildman–Crippen LogP) is 4.80. The van der Waals surface area contributed by atoms with Crippen LogP contribution in [-0.4, -0.2) is 0 Å². The van der Waals surface area contributed by atoms with Gasteiger partial charge in [0.05, 0.1) is 0 Å². The minimum atomic E-state index is -2.90. The fourth-order valence-corrected chi connectivity index (χ4v) is 8.15. The van der Waals surface area contributed by atoms with E-state index in [2.05, 4.69) is 116 Å². The molecule has 0 nitrogen and oxygen atoms in total. The molecule has 0 spiro atoms. The second-order valence-electron chi connectivity index (χ2n) is 5.63. The van der Waals surface area contributed by atoms with Crippen molar-refractivity contribution in [1.29, 1.82) is 0 Å². The summed E-state index contributed by atoms with van der Waals surface area (Å²) in [7, 11) is 0. The molecule has 1 heteroatoms. The van der Waals surface area contributed by atoms with E-state index in [0.717, 1.165) is 0 Å². The van der Waals surface area contributed by atoms with E-state index in [9.17, 15) is 0 Å². The van der Waals surface area contributed by atoms with Crippen molar-refractivity contribution in [3.05, 3.63) is 116 Å². The summed E-state index contributed by atoms with van der Waals surface area (Å²) in [6, 6.07) is 31.9. The van der Waals surface area contributed by atoms with Crippen molar-refractivity contribution in [2.75, 3.05) is 0 Å². The monoisotopic (exact) mass is 316 g/mol. The average Bonchev–Trinajstić information content (AvgIpc) is 2.67. The molecule has 0 aliphatic carbocycles. The van der Waals surface area contributed by atoms with E-state index >= 15 is 0 Å². The first kappa shape index (κ1) is 15.5. The first-order valence-corrected chi connectivity index (χ1v) is 10.1. The van der Waals surface area contributed by atoms with Crippen LogP contribution in [0.25, 0.3) is 0 Å². The number of hydrogen-bond donors (Lipinski definition) is 0. The summed E-state index contributed by atoms with van der Waals surface area (Å²) >= 11 is 0. The van der Waals surface area contributed by atoms with Crippen molar-refractivity contribution < 1.29 is 0 Å². The summed E-state index contributed by atoms with van der Waals surface area (Å²) in [5.74, 6) is 4.28. The Bertz CT molecular complexity index is 693. The van der Waals surface area contributed by atoms with Crippen molar-refractivity contribution in [1.82, 2.24) is 0 Å². The third-order valence-electron chi connectivity index (χ3n) is 4.70. The molecule has 0 aliphatic rings. The van der Waals surface area contributed by atoms with Gasteiger partial charge in [-0.1, -0.05) is 0 Å². The summed E-state index contributed by atoms with van der Waals surface area (Å²) in [6.07, 6.45) is 0. The van der Waals surface area contributed by atoms with Gasteiger partial charge >= 0.3 is 138 Å². The van der Waals surface area contributed by atoms with Crippen molar-refractivity contribution in [2.24, 2.45) is 0 Å². The molecule has 0 fully saturated rings. The summed E-state index contributed by atoms with van der Waals surface area (Å²) in [4.78, 5) is 0. The van der Waals surface area contributed by atoms with E-state index in [1.165, 1.54) is 15.9 Å². The van der Waals surface area contributed by atoms with Gasteiger partial charge in [0, 0.05) is 0 Å². The third-order valence-corrected chi connectivity index (χ3v) is 10.4. The Morgan fingerprint density at radius 3 is 0.957 bits per heavy atom. The molecular weight excluding hydrogens is 295 g/mol. The zero-order chi connectivity index (χ0) is 16.2. The molecule has 23 heavy (non-hydrogen) atoms. The Morgan fingerprint density at radius 2 is 0.739 bits per heavy atom. The Hall–Kier alpha value is -2.43. The van der Waals surface area contributed by atoms with Crippen LogP contribution in [0.1, 0.15) is 0 Å². The third kappa shape index (κ3) is 2.11. The van der Waals surface area contributed by atoms with Crippen molar-refractivity contribution >= 4 is 22.5 Å². The standard InChI is InChI=1S/C22H21P/c1-3-23(4-2,20-14-8-5-9-15-20,21-16-10-6-11-17-21)22-18-12-7-13-19-22/h3-19H,1-2H2. The van der Waals surface area contributed by atoms with Gasteiger partial charge in [-0.25, -0.2) is 0 Å². The number of benzene rings is 3. The summed E-state index contributed by atoms with van der Waals surface area (Å²) in [5.41, 5.74) is 0. The molecule has 0 bridgehead atoms. The van der Waals surface area contributed by atoms with Crippen LogP contribution in [0.15, 0.2) is 116 Å². The molecule has 0 aromatic heterocycles. The van der Waals surface area contributed by atoms with E-state index in [1.807, 2.05) is 0 Å². The van der Waals surface area contributed by atoms with Gasteiger partial charge in [0.2, 0.25) is 0 Å². The van der Waals surface area contributed by atoms with Gasteiger partial charge in [0.25, 0.3) is 0 Å². The van der Waals surface area contributed by atoms with Crippen LogP contribution < -0.4 is 15.9 Å². The van der Waals surface area contributed by atoms with Crippen LogP contribution in [0.3, 0.4) is 0 Å². The van der Waals surface area contributed by atoms with Crippen LogP contribution in [0.5, 0.6) is 0 Å². The van der Waals surface area contributed by atoms with Crippen molar-refractivity contribution in [3.63, 3.8) is 0 Å². The maximum absolute atomic E-state index is 4.29. The zero-order valence-electron chi connectivity index (χ0n) is 13.2. The summed E-state index contributed by atoms with van der Waals surface area (Å²) in [6.45, 7) is 5.69. The van der Waals surface area contributed by atoms with Crippen molar-refractivity contribution in [2.45, 2.75) is 0 Å². The van der Waals surface area contributed by atoms with Crippen molar-refractivity contribution in [3.8, 4) is 0 Å². The second kappa shape index (κ2) is 5.99. The van der Waals surface area contributed by atoms with Gasteiger partial charge in [0.1, 0.15) is 0 Å². The van der Waals surface area contributed by atoms with E-state index in [-0.39, 0.29) is 0 Å². The fourth-order valence-electron chi connectivity index (χ4n) is 3.40. The zero-order valence-corrected chi connectivity index (χ0v) is 14.1. The molecule has 3 aromatic carbocycles. The Labute approximate surface area is 138 Å². The number of rotatable bonds is 5. The molecule has 0 aliphatic heterocycles. The van der Waals surface area contributed by atoms with Crippen LogP contribution in [0.4, 0.5) is 0 Å². The molecule has 0 saturated carbocycles. The van der Waals surface area contributed by atoms with Crippen LogP contribution >= 0.6 is 6.60 Å². The first-order valence-electron chi connectivity index (χ1n) is 7.74. The van der Waals surface area contributed by atoms with E-state index in [1.54, 1.807) is 0 Å². The van der Waals surface area contributed by atoms with E-state index in [0.29, 0.717) is 0 Å². The molecule has 3 aromatic rings. The summed E-state index contributed by atoms with van der Waals surface area (Å²) in [5, 5.41) is 3.79. The van der Waals surface area contributed by atoms with Gasteiger partial charge < -0.3 is 0 Å². The SMILES string of the molecule is C=CP(C=C)(c1ccccc1)(c1ccccc1)c1ccccc1. The minimum absolute atomic E-state index is 1.26. The molecule has 0 atom stereocenters. The Morgan fingerprint density at radius 1 is 0.478 bits per heavy atom. The molecule has 3 rings (SSSR count). The summed E-state index contributed by atoms with van der Waals surface area (Å²) < 4.78 is 0. The molecule has 0 radical (unpaired) electrons. The van der Waals surface area contributed by atoms with Gasteiger partial charge in [0.15, 0.2) is 0 Å². The van der Waals surface area contributed by atoms with Gasteiger partial charge in [-0.3, -0.25) is 0 Å². The van der Waals surface area contributed by atoms with Crippen LogP contribution in [0, 0.1) is 0 Å².